The number of carbonyl (C=O) groups is 2. The Balaban J connectivity index is 1.25. The van der Waals surface area contributed by atoms with Gasteiger partial charge in [0.25, 0.3) is 5.71 Å². The maximum absolute atomic E-state index is 14.3. The molecule has 2 aromatic carbocycles. The first-order valence-electron chi connectivity index (χ1n) is 17.5. The normalized spacial score (nSPS) is 21.4. The molecule has 0 amide bonds. The monoisotopic (exact) mass is 674 g/mol. The van der Waals surface area contributed by atoms with Gasteiger partial charge in [0.15, 0.2) is 0 Å². The fourth-order valence-corrected chi connectivity index (χ4v) is 9.46. The van der Waals surface area contributed by atoms with Crippen molar-refractivity contribution >= 4 is 54.5 Å². The van der Waals surface area contributed by atoms with Gasteiger partial charge in [0.05, 0.1) is 45.4 Å². The highest BCUT2D eigenvalue weighted by Crippen LogP contribution is 2.52. The molecule has 50 heavy (non-hydrogen) atoms. The molecule has 0 fully saturated rings. The molecule has 8 heterocycles. The van der Waals surface area contributed by atoms with Gasteiger partial charge in [-0.3, -0.25) is 4.79 Å². The molecule has 0 N–H and O–H groups in total. The topological polar surface area (TPSA) is 59.3 Å². The molecule has 1 atom stereocenters. The second kappa shape index (κ2) is 9.46. The number of ketones is 1. The highest BCUT2D eigenvalue weighted by atomic mass is 28.3. The molecular formula is C42H38N4O3Si+2. The van der Waals surface area contributed by atoms with Gasteiger partial charge in [0.2, 0.25) is 22.9 Å². The molecule has 7 nitrogen and oxygen atoms in total. The summed E-state index contributed by atoms with van der Waals surface area (Å²) in [6.07, 6.45) is 8.75. The van der Waals surface area contributed by atoms with Crippen molar-refractivity contribution in [3.8, 4) is 0 Å². The van der Waals surface area contributed by atoms with Crippen LogP contribution in [0.4, 0.5) is 0 Å². The largest absolute Gasteiger partial charge is 0.553 e. The summed E-state index contributed by atoms with van der Waals surface area (Å²) in [6, 6.07) is 26.3. The molecule has 8 heteroatoms. The summed E-state index contributed by atoms with van der Waals surface area (Å²) in [7, 11) is -1.31. The van der Waals surface area contributed by atoms with E-state index in [2.05, 4.69) is 132 Å². The van der Waals surface area contributed by atoms with E-state index in [-0.39, 0.29) is 11.8 Å². The zero-order valence-electron chi connectivity index (χ0n) is 29.2. The Morgan fingerprint density at radius 2 is 1.52 bits per heavy atom. The average molecular weight is 675 g/mol. The number of hydrogen-bond donors (Lipinski definition) is 0. The van der Waals surface area contributed by atoms with Gasteiger partial charge in [0.1, 0.15) is 5.41 Å². The molecule has 0 aliphatic carbocycles. The molecule has 0 radical (unpaired) electrons. The van der Waals surface area contributed by atoms with Gasteiger partial charge in [-0.1, -0.05) is 70.8 Å². The molecular weight excluding hydrogens is 637 g/mol. The highest BCUT2D eigenvalue weighted by molar-refractivity contribution is 6.76. The molecule has 0 saturated heterocycles. The Kier molecular flexibility index (Phi) is 5.59. The predicted molar refractivity (Wildman–Crippen MR) is 197 cm³/mol. The Labute approximate surface area is 291 Å². The van der Waals surface area contributed by atoms with Crippen LogP contribution in [0.2, 0.25) is 25.7 Å². The Hall–Kier alpha value is -5.34. The molecule has 246 valence electrons. The van der Waals surface area contributed by atoms with Gasteiger partial charge in [-0.2, -0.15) is 9.13 Å². The summed E-state index contributed by atoms with van der Waals surface area (Å²) >= 11 is 0. The second-order valence-electron chi connectivity index (χ2n) is 16.0. The maximum atomic E-state index is 14.3. The standard InChI is InChI=1S/C42H38N4O3Si/c1-25-7-9-26(10-8-25)37-32-18-16-30-24-36-41(2,3)39(47)35-23-29-15-17-31-38(27-11-13-28(14-12-27)40(48)49-21-22-50(4,5)6)34-20-19-33(37)45(34)42(43(29)31,44(30)32)46(35)36/h7-20,23-24H,21-22H2,1-6H3/q+2/t42-/m1/s1. The van der Waals surface area contributed by atoms with Gasteiger partial charge in [-0.15, -0.1) is 0 Å². The predicted octanol–water partition coefficient (Wildman–Crippen LogP) is 5.43. The number of aromatic nitrogens is 2. The zero-order valence-corrected chi connectivity index (χ0v) is 30.2. The first-order chi connectivity index (χ1) is 23.9. The fraction of sp³-hybridized carbons (Fsp3) is 0.238. The van der Waals surface area contributed by atoms with E-state index in [9.17, 15) is 9.59 Å². The van der Waals surface area contributed by atoms with E-state index in [0.29, 0.717) is 17.9 Å². The first kappa shape index (κ1) is 29.6. The van der Waals surface area contributed by atoms with Crippen molar-refractivity contribution in [2.24, 2.45) is 5.41 Å². The van der Waals surface area contributed by atoms with Crippen molar-refractivity contribution in [2.75, 3.05) is 6.61 Å². The van der Waals surface area contributed by atoms with E-state index in [1.165, 1.54) is 5.56 Å². The summed E-state index contributed by atoms with van der Waals surface area (Å²) < 4.78 is 15.3. The third-order valence-electron chi connectivity index (χ3n) is 11.3. The molecule has 6 aliphatic rings. The van der Waals surface area contributed by atoms with Crippen molar-refractivity contribution in [1.82, 2.24) is 9.13 Å². The summed E-state index contributed by atoms with van der Waals surface area (Å²) in [5.41, 5.74) is 11.5. The average Bonchev–Trinajstić information content (AvgIpc) is 3.86. The molecule has 0 saturated carbocycles. The quantitative estimate of drug-likeness (QED) is 0.156. The van der Waals surface area contributed by atoms with E-state index in [0.717, 1.165) is 67.5 Å². The molecule has 2 aromatic heterocycles. The molecule has 0 unspecified atom stereocenters. The van der Waals surface area contributed by atoms with Gasteiger partial charge in [-0.25, -0.2) is 4.79 Å². The summed E-state index contributed by atoms with van der Waals surface area (Å²) in [5, 5.41) is 2.04. The SMILES string of the molecule is Cc1ccc(C2=C3C=CC4=[N+]3[C@@]35n6c(ccc62)C=C2[N+]3=C(C=c3ccc(n35)=C4c3ccc(C(=O)OCC[Si](C)(C)C)cc3)C(=O)C2(C)C)cc1. The number of rotatable bonds is 6. The number of allylic oxidation sites excluding steroid dienone is 3. The number of aryl methyl sites for hydroxylation is 1. The molecule has 10 rings (SSSR count). The minimum Gasteiger partial charge on any atom is -0.462 e. The fourth-order valence-electron chi connectivity index (χ4n) is 8.75. The lowest BCUT2D eigenvalue weighted by Gasteiger charge is -2.40. The lowest BCUT2D eigenvalue weighted by molar-refractivity contribution is -0.836. The molecule has 1 spiro atoms. The van der Waals surface area contributed by atoms with Crippen molar-refractivity contribution in [3.63, 3.8) is 0 Å². The summed E-state index contributed by atoms with van der Waals surface area (Å²) in [4.78, 5) is 27.3. The lowest BCUT2D eigenvalue weighted by atomic mass is 9.84. The highest BCUT2D eigenvalue weighted by Gasteiger charge is 2.75. The number of esters is 1. The van der Waals surface area contributed by atoms with E-state index in [1.807, 2.05) is 24.3 Å². The smallest absolute Gasteiger partial charge is 0.462 e. The van der Waals surface area contributed by atoms with Crippen LogP contribution >= 0.6 is 0 Å². The van der Waals surface area contributed by atoms with Crippen LogP contribution in [0.5, 0.6) is 0 Å². The third-order valence-corrected chi connectivity index (χ3v) is 13.0. The van der Waals surface area contributed by atoms with Crippen LogP contribution < -0.4 is 10.7 Å². The second-order valence-corrected chi connectivity index (χ2v) is 21.6. The van der Waals surface area contributed by atoms with Crippen LogP contribution in [-0.4, -0.2) is 56.1 Å². The van der Waals surface area contributed by atoms with Crippen LogP contribution in [0, 0.1) is 12.3 Å². The Morgan fingerprint density at radius 3 is 2.26 bits per heavy atom. The third kappa shape index (κ3) is 3.54. The maximum Gasteiger partial charge on any atom is 0.553 e. The summed E-state index contributed by atoms with van der Waals surface area (Å²) in [6.45, 7) is 13.5. The summed E-state index contributed by atoms with van der Waals surface area (Å²) in [5.74, 6) is -1.07. The number of ether oxygens (including phenoxy) is 1. The van der Waals surface area contributed by atoms with Crippen LogP contribution in [0.25, 0.3) is 23.3 Å². The number of Topliss-reactive ketones (excluding diaryl/α,β-unsaturated/α-hetero) is 1. The number of benzene rings is 2. The van der Waals surface area contributed by atoms with Gasteiger partial charge in [-0.05, 0) is 74.3 Å². The van der Waals surface area contributed by atoms with Crippen LogP contribution in [0.15, 0.2) is 96.3 Å². The zero-order chi connectivity index (χ0) is 34.5. The van der Waals surface area contributed by atoms with E-state index >= 15 is 0 Å². The van der Waals surface area contributed by atoms with E-state index in [4.69, 9.17) is 4.74 Å². The number of carbonyl (C=O) groups excluding carboxylic acids is 2. The number of nitrogens with zero attached hydrogens (tertiary/aromatic N) is 4. The van der Waals surface area contributed by atoms with Crippen LogP contribution in [0.3, 0.4) is 0 Å². The van der Waals surface area contributed by atoms with E-state index in [1.54, 1.807) is 0 Å². The Morgan fingerprint density at radius 1 is 0.800 bits per heavy atom. The van der Waals surface area contributed by atoms with Gasteiger partial charge in [0, 0.05) is 32.4 Å². The molecule has 0 bridgehead atoms. The lowest BCUT2D eigenvalue weighted by Crippen LogP contribution is -2.70. The number of hydrogen-bond acceptors (Lipinski definition) is 3. The Bertz CT molecular complexity index is 2600. The van der Waals surface area contributed by atoms with Crippen molar-refractivity contribution in [2.45, 2.75) is 52.4 Å². The molecule has 6 aliphatic heterocycles. The van der Waals surface area contributed by atoms with Crippen LogP contribution in [0.1, 0.15) is 52.3 Å². The van der Waals surface area contributed by atoms with Crippen molar-refractivity contribution < 1.29 is 23.5 Å². The van der Waals surface area contributed by atoms with E-state index < -0.39 is 19.4 Å². The van der Waals surface area contributed by atoms with Crippen molar-refractivity contribution in [1.29, 1.82) is 0 Å². The minimum absolute atomic E-state index is 0.130. The molecule has 4 aromatic rings. The van der Waals surface area contributed by atoms with Crippen molar-refractivity contribution in [3.05, 3.63) is 141 Å². The minimum atomic E-state index is -1.31. The van der Waals surface area contributed by atoms with Crippen LogP contribution in [-0.2, 0) is 15.4 Å². The van der Waals surface area contributed by atoms with Gasteiger partial charge >= 0.3 is 11.9 Å². The first-order valence-corrected chi connectivity index (χ1v) is 21.2. The van der Waals surface area contributed by atoms with Gasteiger partial charge < -0.3 is 4.74 Å².